The second-order valence-corrected chi connectivity index (χ2v) is 4.43. The molecule has 0 bridgehead atoms. The molecule has 1 aliphatic carbocycles. The maximum absolute atomic E-state index is 11.1. The normalized spacial score (nSPS) is 39.8. The van der Waals surface area contributed by atoms with Crippen LogP contribution in [0.4, 0.5) is 4.79 Å². The molecule has 0 atom stereocenters. The fourth-order valence-corrected chi connectivity index (χ4v) is 2.32. The number of carbonyl (C=O) groups excluding carboxylic acids is 1. The lowest BCUT2D eigenvalue weighted by molar-refractivity contribution is -0.0455. The number of rotatable bonds is 0. The minimum Gasteiger partial charge on any atom is -0.443 e. The summed E-state index contributed by atoms with van der Waals surface area (Å²) in [6, 6.07) is 0. The molecule has 1 spiro atoms. The molecule has 2 rings (SSSR count). The first-order chi connectivity index (χ1) is 6.20. The molecule has 0 radical (unpaired) electrons. The number of hydrogen-bond acceptors (Lipinski definition) is 2. The van der Waals surface area contributed by atoms with Crippen LogP contribution in [0.5, 0.6) is 0 Å². The van der Waals surface area contributed by atoms with Crippen molar-refractivity contribution in [3.63, 3.8) is 0 Å². The first-order valence-electron chi connectivity index (χ1n) is 5.17. The van der Waals surface area contributed by atoms with Gasteiger partial charge in [0.15, 0.2) is 0 Å². The van der Waals surface area contributed by atoms with E-state index < -0.39 is 0 Å². The summed E-state index contributed by atoms with van der Waals surface area (Å²) in [5, 5.41) is 2.70. The topological polar surface area (TPSA) is 38.3 Å². The van der Waals surface area contributed by atoms with Crippen molar-refractivity contribution in [1.29, 1.82) is 0 Å². The molecular weight excluding hydrogens is 166 g/mol. The molecular formula is C10H17NO2. The molecule has 2 aliphatic rings. The highest BCUT2D eigenvalue weighted by Gasteiger charge is 2.39. The summed E-state index contributed by atoms with van der Waals surface area (Å²) in [5.41, 5.74) is -0.102. The number of carbonyl (C=O) groups is 1. The number of amides is 1. The lowest BCUT2D eigenvalue weighted by Gasteiger charge is -2.41. The summed E-state index contributed by atoms with van der Waals surface area (Å²) in [7, 11) is 0. The van der Waals surface area contributed by atoms with E-state index in [1.165, 1.54) is 12.8 Å². The zero-order chi connectivity index (χ0) is 9.31. The third kappa shape index (κ3) is 1.79. The van der Waals surface area contributed by atoms with E-state index in [1.54, 1.807) is 0 Å². The van der Waals surface area contributed by atoms with Gasteiger partial charge >= 0.3 is 6.09 Å². The quantitative estimate of drug-likeness (QED) is 0.624. The Morgan fingerprint density at radius 2 is 2.08 bits per heavy atom. The summed E-state index contributed by atoms with van der Waals surface area (Å²) in [4.78, 5) is 11.1. The van der Waals surface area contributed by atoms with Gasteiger partial charge in [-0.1, -0.05) is 6.92 Å². The van der Waals surface area contributed by atoms with E-state index in [2.05, 4.69) is 12.2 Å². The van der Waals surface area contributed by atoms with E-state index in [0.717, 1.165) is 31.7 Å². The molecule has 0 aromatic heterocycles. The van der Waals surface area contributed by atoms with Crippen LogP contribution in [-0.2, 0) is 4.74 Å². The molecule has 1 amide bonds. The Hall–Kier alpha value is -0.730. The van der Waals surface area contributed by atoms with Gasteiger partial charge in [0.1, 0.15) is 5.60 Å². The van der Waals surface area contributed by atoms with E-state index in [1.807, 2.05) is 0 Å². The summed E-state index contributed by atoms with van der Waals surface area (Å²) in [5.74, 6) is 0.805. The third-order valence-corrected chi connectivity index (χ3v) is 3.34. The SMILES string of the molecule is CC1CCC2(CCNC(=O)O2)CC1. The van der Waals surface area contributed by atoms with Gasteiger partial charge in [-0.3, -0.25) is 0 Å². The van der Waals surface area contributed by atoms with Gasteiger partial charge in [0.05, 0.1) is 0 Å². The average Bonchev–Trinajstić information content (AvgIpc) is 2.11. The highest BCUT2D eigenvalue weighted by Crippen LogP contribution is 2.38. The van der Waals surface area contributed by atoms with E-state index in [9.17, 15) is 4.79 Å². The predicted octanol–water partition coefficient (Wildman–Crippen LogP) is 2.07. The van der Waals surface area contributed by atoms with Crippen molar-refractivity contribution >= 4 is 6.09 Å². The molecule has 1 saturated heterocycles. The highest BCUT2D eigenvalue weighted by atomic mass is 16.6. The predicted molar refractivity (Wildman–Crippen MR) is 49.5 cm³/mol. The van der Waals surface area contributed by atoms with Crippen LogP contribution >= 0.6 is 0 Å². The van der Waals surface area contributed by atoms with Gasteiger partial charge in [-0.25, -0.2) is 4.79 Å². The fraction of sp³-hybridized carbons (Fsp3) is 0.900. The van der Waals surface area contributed by atoms with Gasteiger partial charge in [-0.05, 0) is 31.6 Å². The Labute approximate surface area is 78.8 Å². The molecule has 0 aromatic rings. The Morgan fingerprint density at radius 1 is 1.38 bits per heavy atom. The van der Waals surface area contributed by atoms with E-state index in [4.69, 9.17) is 4.74 Å². The number of ether oxygens (including phenoxy) is 1. The van der Waals surface area contributed by atoms with Gasteiger partial charge in [0.2, 0.25) is 0 Å². The minimum absolute atomic E-state index is 0.102. The molecule has 74 valence electrons. The van der Waals surface area contributed by atoms with Crippen molar-refractivity contribution < 1.29 is 9.53 Å². The molecule has 0 aromatic carbocycles. The van der Waals surface area contributed by atoms with Gasteiger partial charge < -0.3 is 10.1 Å². The highest BCUT2D eigenvalue weighted by molar-refractivity contribution is 5.68. The summed E-state index contributed by atoms with van der Waals surface area (Å²) in [6.45, 7) is 3.06. The first kappa shape index (κ1) is 8.85. The van der Waals surface area contributed by atoms with Crippen molar-refractivity contribution in [2.45, 2.75) is 44.6 Å². The molecule has 1 heterocycles. The molecule has 1 aliphatic heterocycles. The van der Waals surface area contributed by atoms with Crippen LogP contribution in [0, 0.1) is 5.92 Å². The van der Waals surface area contributed by atoms with Crippen molar-refractivity contribution in [2.75, 3.05) is 6.54 Å². The molecule has 3 heteroatoms. The van der Waals surface area contributed by atoms with Gasteiger partial charge in [0, 0.05) is 13.0 Å². The largest absolute Gasteiger partial charge is 0.443 e. The lowest BCUT2D eigenvalue weighted by atomic mass is 9.77. The van der Waals surface area contributed by atoms with Crippen LogP contribution < -0.4 is 5.32 Å². The Morgan fingerprint density at radius 3 is 2.69 bits per heavy atom. The molecule has 2 fully saturated rings. The Kier molecular flexibility index (Phi) is 2.18. The van der Waals surface area contributed by atoms with E-state index in [0.29, 0.717) is 0 Å². The van der Waals surface area contributed by atoms with Crippen LogP contribution in [0.2, 0.25) is 0 Å². The zero-order valence-corrected chi connectivity index (χ0v) is 8.14. The third-order valence-electron chi connectivity index (χ3n) is 3.34. The Balaban J connectivity index is 1.99. The van der Waals surface area contributed by atoms with Gasteiger partial charge in [0.25, 0.3) is 0 Å². The van der Waals surface area contributed by atoms with Crippen LogP contribution in [0.15, 0.2) is 0 Å². The fourth-order valence-electron chi connectivity index (χ4n) is 2.32. The Bertz CT molecular complexity index is 207. The summed E-state index contributed by atoms with van der Waals surface area (Å²) >= 11 is 0. The summed E-state index contributed by atoms with van der Waals surface area (Å²) in [6.07, 6.45) is 5.29. The summed E-state index contributed by atoms with van der Waals surface area (Å²) < 4.78 is 5.41. The van der Waals surface area contributed by atoms with Crippen LogP contribution in [0.25, 0.3) is 0 Å². The molecule has 1 saturated carbocycles. The second kappa shape index (κ2) is 3.20. The van der Waals surface area contributed by atoms with Crippen LogP contribution in [0.3, 0.4) is 0 Å². The van der Waals surface area contributed by atoms with E-state index in [-0.39, 0.29) is 11.7 Å². The molecule has 13 heavy (non-hydrogen) atoms. The lowest BCUT2D eigenvalue weighted by Crippen LogP contribution is -2.49. The van der Waals surface area contributed by atoms with Gasteiger partial charge in [-0.2, -0.15) is 0 Å². The minimum atomic E-state index is -0.221. The smallest absolute Gasteiger partial charge is 0.407 e. The maximum atomic E-state index is 11.1. The standard InChI is InChI=1S/C10H17NO2/c1-8-2-4-10(5-3-8)6-7-11-9(12)13-10/h8H,2-7H2,1H3,(H,11,12). The zero-order valence-electron chi connectivity index (χ0n) is 8.14. The maximum Gasteiger partial charge on any atom is 0.407 e. The average molecular weight is 183 g/mol. The van der Waals surface area contributed by atoms with Crippen LogP contribution in [0.1, 0.15) is 39.0 Å². The monoisotopic (exact) mass is 183 g/mol. The van der Waals surface area contributed by atoms with Crippen molar-refractivity contribution in [1.82, 2.24) is 5.32 Å². The first-order valence-corrected chi connectivity index (χ1v) is 5.17. The number of nitrogens with one attached hydrogen (secondary N) is 1. The van der Waals surface area contributed by atoms with E-state index >= 15 is 0 Å². The number of hydrogen-bond donors (Lipinski definition) is 1. The van der Waals surface area contributed by atoms with Crippen LogP contribution in [-0.4, -0.2) is 18.2 Å². The number of alkyl carbamates (subject to hydrolysis) is 1. The molecule has 3 nitrogen and oxygen atoms in total. The molecule has 1 N–H and O–H groups in total. The molecule has 0 unspecified atom stereocenters. The second-order valence-electron chi connectivity index (χ2n) is 4.43. The van der Waals surface area contributed by atoms with Gasteiger partial charge in [-0.15, -0.1) is 0 Å². The van der Waals surface area contributed by atoms with Crippen molar-refractivity contribution in [3.8, 4) is 0 Å². The van der Waals surface area contributed by atoms with Crippen molar-refractivity contribution in [2.24, 2.45) is 5.92 Å². The van der Waals surface area contributed by atoms with Crippen molar-refractivity contribution in [3.05, 3.63) is 0 Å².